The van der Waals surface area contributed by atoms with Crippen molar-refractivity contribution in [3.05, 3.63) is 59.7 Å². The molecule has 0 unspecified atom stereocenters. The van der Waals surface area contributed by atoms with Crippen molar-refractivity contribution in [3.8, 4) is 0 Å². The first-order chi connectivity index (χ1) is 12.8. The van der Waals surface area contributed by atoms with Crippen LogP contribution in [0.3, 0.4) is 0 Å². The highest BCUT2D eigenvalue weighted by Crippen LogP contribution is 2.35. The van der Waals surface area contributed by atoms with Crippen LogP contribution in [0.2, 0.25) is 0 Å². The number of nitrogens with one attached hydrogen (secondary N) is 1. The molecule has 152 valence electrons. The van der Waals surface area contributed by atoms with Gasteiger partial charge in [-0.1, -0.05) is 12.1 Å². The average Bonchev–Trinajstić information content (AvgIpc) is 2.56. The molecule has 2 aromatic carbocycles. The predicted molar refractivity (Wildman–Crippen MR) is 93.2 cm³/mol. The lowest BCUT2D eigenvalue weighted by atomic mass is 10.1. The fourth-order valence-electron chi connectivity index (χ4n) is 2.51. The Kier molecular flexibility index (Phi) is 5.97. The third kappa shape index (κ3) is 4.77. The van der Waals surface area contributed by atoms with Crippen LogP contribution >= 0.6 is 0 Å². The highest BCUT2D eigenvalue weighted by molar-refractivity contribution is 7.92. The SMILES string of the molecule is C[C@H](C(=O)Nc1ccccc1C(F)(F)F)N(c1ccc(F)c(F)c1)S(C)(=O)=O. The molecule has 0 aliphatic carbocycles. The van der Waals surface area contributed by atoms with Gasteiger partial charge in [0.25, 0.3) is 0 Å². The van der Waals surface area contributed by atoms with E-state index in [-0.39, 0.29) is 5.69 Å². The standard InChI is InChI=1S/C17H15F5N2O3S/c1-10(16(25)23-15-6-4-3-5-12(15)17(20,21)22)24(28(2,26)27)11-7-8-13(18)14(19)9-11/h3-10H,1-2H3,(H,23,25)/t10-/m1/s1. The maximum absolute atomic E-state index is 13.5. The lowest BCUT2D eigenvalue weighted by Gasteiger charge is -2.28. The van der Waals surface area contributed by atoms with Crippen molar-refractivity contribution >= 4 is 27.3 Å². The molecule has 0 saturated heterocycles. The molecule has 0 fully saturated rings. The Morgan fingerprint density at radius 2 is 1.68 bits per heavy atom. The number of anilines is 2. The summed E-state index contributed by atoms with van der Waals surface area (Å²) < 4.78 is 90.5. The number of hydrogen-bond acceptors (Lipinski definition) is 3. The molecule has 0 aliphatic heterocycles. The Morgan fingerprint density at radius 3 is 2.21 bits per heavy atom. The summed E-state index contributed by atoms with van der Waals surface area (Å²) in [5.41, 5.74) is -2.03. The zero-order chi connectivity index (χ0) is 21.3. The van der Waals surface area contributed by atoms with Crippen molar-refractivity contribution in [1.29, 1.82) is 0 Å². The van der Waals surface area contributed by atoms with Gasteiger partial charge in [-0.2, -0.15) is 13.2 Å². The van der Waals surface area contributed by atoms with Crippen LogP contribution in [0.1, 0.15) is 12.5 Å². The van der Waals surface area contributed by atoms with Crippen molar-refractivity contribution in [2.45, 2.75) is 19.1 Å². The average molecular weight is 422 g/mol. The third-order valence-corrected chi connectivity index (χ3v) is 4.98. The molecule has 1 amide bonds. The Labute approximate surface area is 157 Å². The van der Waals surface area contributed by atoms with Gasteiger partial charge in [-0.3, -0.25) is 9.10 Å². The van der Waals surface area contributed by atoms with Crippen LogP contribution in [0.4, 0.5) is 33.3 Å². The van der Waals surface area contributed by atoms with Gasteiger partial charge in [-0.05, 0) is 31.2 Å². The molecule has 1 N–H and O–H groups in total. The van der Waals surface area contributed by atoms with E-state index in [1.165, 1.54) is 6.07 Å². The third-order valence-electron chi connectivity index (χ3n) is 3.74. The molecule has 2 aromatic rings. The minimum absolute atomic E-state index is 0.354. The number of para-hydroxylation sites is 1. The van der Waals surface area contributed by atoms with Crippen molar-refractivity contribution in [2.75, 3.05) is 15.9 Å². The molecule has 11 heteroatoms. The van der Waals surface area contributed by atoms with E-state index in [0.29, 0.717) is 16.4 Å². The Hall–Kier alpha value is -2.69. The highest BCUT2D eigenvalue weighted by atomic mass is 32.2. The zero-order valence-corrected chi connectivity index (χ0v) is 15.4. The predicted octanol–water partition coefficient (Wildman–Crippen LogP) is 3.78. The van der Waals surface area contributed by atoms with Crippen LogP contribution < -0.4 is 9.62 Å². The molecule has 0 aromatic heterocycles. The number of carbonyl (C=O) groups excluding carboxylic acids is 1. The van der Waals surface area contributed by atoms with Crippen LogP contribution in [0, 0.1) is 11.6 Å². The molecule has 0 radical (unpaired) electrons. The Balaban J connectivity index is 2.40. The number of sulfonamides is 1. The minimum Gasteiger partial charge on any atom is -0.324 e. The zero-order valence-electron chi connectivity index (χ0n) is 14.6. The molecule has 28 heavy (non-hydrogen) atoms. The van der Waals surface area contributed by atoms with E-state index in [4.69, 9.17) is 0 Å². The number of nitrogens with zero attached hydrogens (tertiary/aromatic N) is 1. The van der Waals surface area contributed by atoms with E-state index < -0.39 is 51.0 Å². The summed E-state index contributed by atoms with van der Waals surface area (Å²) in [5.74, 6) is -3.67. The first-order valence-electron chi connectivity index (χ1n) is 7.74. The highest BCUT2D eigenvalue weighted by Gasteiger charge is 2.35. The second-order valence-electron chi connectivity index (χ2n) is 5.87. The van der Waals surface area contributed by atoms with Gasteiger partial charge in [0.05, 0.1) is 23.2 Å². The maximum Gasteiger partial charge on any atom is 0.418 e. The van der Waals surface area contributed by atoms with Gasteiger partial charge in [0.2, 0.25) is 15.9 Å². The van der Waals surface area contributed by atoms with E-state index in [1.54, 1.807) is 0 Å². The summed E-state index contributed by atoms with van der Waals surface area (Å²) in [4.78, 5) is 12.5. The van der Waals surface area contributed by atoms with Gasteiger partial charge in [0, 0.05) is 6.07 Å². The smallest absolute Gasteiger partial charge is 0.324 e. The summed E-state index contributed by atoms with van der Waals surface area (Å²) >= 11 is 0. The molecule has 2 rings (SSSR count). The number of hydrogen-bond donors (Lipinski definition) is 1. The van der Waals surface area contributed by atoms with Gasteiger partial charge in [0.15, 0.2) is 11.6 Å². The number of halogens is 5. The van der Waals surface area contributed by atoms with E-state index in [2.05, 4.69) is 0 Å². The number of benzene rings is 2. The van der Waals surface area contributed by atoms with Gasteiger partial charge >= 0.3 is 6.18 Å². The fraction of sp³-hybridized carbons (Fsp3) is 0.235. The van der Waals surface area contributed by atoms with Gasteiger partial charge < -0.3 is 5.32 Å². The van der Waals surface area contributed by atoms with E-state index in [9.17, 15) is 35.2 Å². The van der Waals surface area contributed by atoms with Gasteiger partial charge in [-0.25, -0.2) is 17.2 Å². The van der Waals surface area contributed by atoms with Crippen LogP contribution in [-0.4, -0.2) is 26.6 Å². The normalized spacial score (nSPS) is 13.1. The molecule has 0 heterocycles. The molecule has 0 saturated carbocycles. The quantitative estimate of drug-likeness (QED) is 0.746. The lowest BCUT2D eigenvalue weighted by molar-refractivity contribution is -0.137. The summed E-state index contributed by atoms with van der Waals surface area (Å²) in [5, 5.41) is 2.03. The minimum atomic E-state index is -4.75. The summed E-state index contributed by atoms with van der Waals surface area (Å²) in [6.07, 6.45) is -4.02. The number of alkyl halides is 3. The maximum atomic E-state index is 13.5. The number of rotatable bonds is 5. The van der Waals surface area contributed by atoms with Crippen LogP contribution in [-0.2, 0) is 21.0 Å². The molecule has 0 bridgehead atoms. The van der Waals surface area contributed by atoms with Gasteiger partial charge in [0.1, 0.15) is 6.04 Å². The molecular weight excluding hydrogens is 407 g/mol. The first-order valence-corrected chi connectivity index (χ1v) is 9.58. The summed E-state index contributed by atoms with van der Waals surface area (Å²) in [7, 11) is -4.16. The van der Waals surface area contributed by atoms with E-state index in [0.717, 1.165) is 37.4 Å². The van der Waals surface area contributed by atoms with E-state index in [1.807, 2.05) is 5.32 Å². The van der Waals surface area contributed by atoms with E-state index >= 15 is 0 Å². The number of amides is 1. The summed E-state index contributed by atoms with van der Waals surface area (Å²) in [6, 6.07) is 4.79. The lowest BCUT2D eigenvalue weighted by Crippen LogP contribution is -2.45. The Morgan fingerprint density at radius 1 is 1.07 bits per heavy atom. The van der Waals surface area contributed by atoms with Crippen LogP contribution in [0.15, 0.2) is 42.5 Å². The Bertz CT molecular complexity index is 993. The van der Waals surface area contributed by atoms with Crippen molar-refractivity contribution in [3.63, 3.8) is 0 Å². The second-order valence-corrected chi connectivity index (χ2v) is 7.73. The largest absolute Gasteiger partial charge is 0.418 e. The fourth-order valence-corrected chi connectivity index (χ4v) is 3.67. The molecule has 0 aliphatic rings. The molecule has 0 spiro atoms. The van der Waals surface area contributed by atoms with Crippen LogP contribution in [0.25, 0.3) is 0 Å². The molecule has 5 nitrogen and oxygen atoms in total. The van der Waals surface area contributed by atoms with Gasteiger partial charge in [-0.15, -0.1) is 0 Å². The molecular formula is C17H15F5N2O3S. The first kappa shape index (κ1) is 21.6. The van der Waals surface area contributed by atoms with Crippen molar-refractivity contribution in [2.24, 2.45) is 0 Å². The van der Waals surface area contributed by atoms with Crippen LogP contribution in [0.5, 0.6) is 0 Å². The topological polar surface area (TPSA) is 66.5 Å². The number of carbonyl (C=O) groups is 1. The second kappa shape index (κ2) is 7.74. The summed E-state index contributed by atoms with van der Waals surface area (Å²) in [6.45, 7) is 1.11. The monoisotopic (exact) mass is 422 g/mol. The molecule has 1 atom stereocenters. The van der Waals surface area contributed by atoms with Crippen molar-refractivity contribution < 1.29 is 35.2 Å². The van der Waals surface area contributed by atoms with Crippen molar-refractivity contribution in [1.82, 2.24) is 0 Å².